The van der Waals surface area contributed by atoms with Gasteiger partial charge in [-0.25, -0.2) is 0 Å². The number of nitrogens with zero attached hydrogens (tertiary/aromatic N) is 1. The van der Waals surface area contributed by atoms with Gasteiger partial charge in [0.15, 0.2) is 6.61 Å². The summed E-state index contributed by atoms with van der Waals surface area (Å²) in [7, 11) is 2.10. The van der Waals surface area contributed by atoms with Gasteiger partial charge in [0.2, 0.25) is 0 Å². The van der Waals surface area contributed by atoms with Gasteiger partial charge in [-0.3, -0.25) is 4.79 Å². The topological polar surface area (TPSA) is 67.6 Å². The second-order valence-corrected chi connectivity index (χ2v) is 4.47. The molecule has 0 bridgehead atoms. The number of carbonyl (C=O) groups is 1. The summed E-state index contributed by atoms with van der Waals surface area (Å²) in [6.45, 7) is 5.95. The largest absolute Gasteiger partial charge is 0.484 e. The van der Waals surface area contributed by atoms with Crippen molar-refractivity contribution >= 4 is 5.91 Å². The molecule has 19 heavy (non-hydrogen) atoms. The second kappa shape index (κ2) is 8.50. The number of carbonyl (C=O) groups excluding carboxylic acids is 1. The first-order valence-corrected chi connectivity index (χ1v) is 6.51. The van der Waals surface area contributed by atoms with Gasteiger partial charge in [-0.15, -0.1) is 0 Å². The molecule has 1 aromatic rings. The predicted octanol–water partition coefficient (Wildman–Crippen LogP) is 0.592. The van der Waals surface area contributed by atoms with Crippen LogP contribution in [0.15, 0.2) is 24.3 Å². The van der Waals surface area contributed by atoms with Crippen molar-refractivity contribution in [1.82, 2.24) is 10.2 Å². The van der Waals surface area contributed by atoms with Crippen molar-refractivity contribution in [2.45, 2.75) is 13.5 Å². The molecule has 0 aliphatic rings. The molecule has 3 N–H and O–H groups in total. The summed E-state index contributed by atoms with van der Waals surface area (Å²) in [5.41, 5.74) is 6.19. The Morgan fingerprint density at radius 1 is 1.37 bits per heavy atom. The van der Waals surface area contributed by atoms with Gasteiger partial charge in [0, 0.05) is 19.6 Å². The lowest BCUT2D eigenvalue weighted by atomic mass is 10.2. The van der Waals surface area contributed by atoms with E-state index in [-0.39, 0.29) is 6.61 Å². The Morgan fingerprint density at radius 3 is 2.63 bits per heavy atom. The number of primary amides is 1. The van der Waals surface area contributed by atoms with E-state index >= 15 is 0 Å². The van der Waals surface area contributed by atoms with E-state index < -0.39 is 5.91 Å². The van der Waals surface area contributed by atoms with E-state index in [4.69, 9.17) is 10.5 Å². The molecule has 106 valence electrons. The smallest absolute Gasteiger partial charge is 0.255 e. The number of likely N-dealkylation sites (N-methyl/N-ethyl adjacent to an activating group) is 1. The Labute approximate surface area is 114 Å². The third-order valence-electron chi connectivity index (χ3n) is 2.84. The van der Waals surface area contributed by atoms with Gasteiger partial charge in [-0.1, -0.05) is 19.1 Å². The maximum absolute atomic E-state index is 10.6. The van der Waals surface area contributed by atoms with E-state index in [9.17, 15) is 4.79 Å². The van der Waals surface area contributed by atoms with Gasteiger partial charge >= 0.3 is 0 Å². The van der Waals surface area contributed by atoms with Crippen LogP contribution in [0.2, 0.25) is 0 Å². The Kier molecular flexibility index (Phi) is 6.92. The van der Waals surface area contributed by atoms with E-state index in [0.717, 1.165) is 26.2 Å². The van der Waals surface area contributed by atoms with Crippen molar-refractivity contribution in [3.05, 3.63) is 29.8 Å². The maximum atomic E-state index is 10.6. The van der Waals surface area contributed by atoms with Gasteiger partial charge in [0.05, 0.1) is 0 Å². The minimum atomic E-state index is -0.467. The molecule has 0 atom stereocenters. The molecule has 0 aliphatic heterocycles. The molecular weight excluding hydrogens is 242 g/mol. The van der Waals surface area contributed by atoms with E-state index in [1.807, 2.05) is 24.3 Å². The van der Waals surface area contributed by atoms with Crippen LogP contribution >= 0.6 is 0 Å². The second-order valence-electron chi connectivity index (χ2n) is 4.47. The fourth-order valence-electron chi connectivity index (χ4n) is 1.52. The van der Waals surface area contributed by atoms with Crippen LogP contribution in [0.5, 0.6) is 5.75 Å². The molecule has 5 heteroatoms. The van der Waals surface area contributed by atoms with E-state index in [1.165, 1.54) is 5.56 Å². The third kappa shape index (κ3) is 6.79. The van der Waals surface area contributed by atoms with Crippen molar-refractivity contribution in [3.8, 4) is 5.75 Å². The zero-order valence-corrected chi connectivity index (χ0v) is 11.7. The average molecular weight is 265 g/mol. The molecule has 5 nitrogen and oxygen atoms in total. The highest BCUT2D eigenvalue weighted by molar-refractivity contribution is 5.75. The molecule has 1 amide bonds. The summed E-state index contributed by atoms with van der Waals surface area (Å²) >= 11 is 0. The third-order valence-corrected chi connectivity index (χ3v) is 2.84. The molecule has 0 radical (unpaired) electrons. The fourth-order valence-corrected chi connectivity index (χ4v) is 1.52. The van der Waals surface area contributed by atoms with Crippen molar-refractivity contribution in [3.63, 3.8) is 0 Å². The highest BCUT2D eigenvalue weighted by atomic mass is 16.5. The molecule has 0 saturated heterocycles. The van der Waals surface area contributed by atoms with Crippen LogP contribution in [0.1, 0.15) is 12.5 Å². The minimum Gasteiger partial charge on any atom is -0.484 e. The summed E-state index contributed by atoms with van der Waals surface area (Å²) in [6, 6.07) is 7.65. The van der Waals surface area contributed by atoms with Crippen LogP contribution in [0.3, 0.4) is 0 Å². The first-order valence-electron chi connectivity index (χ1n) is 6.51. The number of hydrogen-bond donors (Lipinski definition) is 2. The lowest BCUT2D eigenvalue weighted by Crippen LogP contribution is -2.28. The van der Waals surface area contributed by atoms with Gasteiger partial charge < -0.3 is 20.7 Å². The van der Waals surface area contributed by atoms with Crippen LogP contribution < -0.4 is 15.8 Å². The van der Waals surface area contributed by atoms with Crippen LogP contribution in [0.4, 0.5) is 0 Å². The molecule has 0 heterocycles. The fraction of sp³-hybridized carbons (Fsp3) is 0.500. The summed E-state index contributed by atoms with van der Waals surface area (Å²) in [6.07, 6.45) is 0. The van der Waals surface area contributed by atoms with Crippen molar-refractivity contribution in [2.24, 2.45) is 5.73 Å². The normalized spacial score (nSPS) is 10.7. The number of benzene rings is 1. The molecule has 0 aliphatic carbocycles. The molecule has 1 rings (SSSR count). The first-order chi connectivity index (χ1) is 9.11. The zero-order chi connectivity index (χ0) is 14.1. The number of nitrogens with two attached hydrogens (primary N) is 1. The Morgan fingerprint density at radius 2 is 2.05 bits per heavy atom. The molecule has 0 spiro atoms. The number of amides is 1. The monoisotopic (exact) mass is 265 g/mol. The standard InChI is InChI=1S/C14H23N3O2/c1-3-17(2)9-8-16-10-12-4-6-13(7-5-12)19-11-14(15)18/h4-7,16H,3,8-11H2,1-2H3,(H2,15,18). The van der Waals surface area contributed by atoms with Gasteiger partial charge in [0.25, 0.3) is 5.91 Å². The van der Waals surface area contributed by atoms with Gasteiger partial charge in [-0.2, -0.15) is 0 Å². The quantitative estimate of drug-likeness (QED) is 0.641. The van der Waals surface area contributed by atoms with Gasteiger partial charge in [-0.05, 0) is 31.3 Å². The van der Waals surface area contributed by atoms with E-state index in [2.05, 4.69) is 24.2 Å². The summed E-state index contributed by atoms with van der Waals surface area (Å²) in [4.78, 5) is 12.8. The lowest BCUT2D eigenvalue weighted by molar-refractivity contribution is -0.119. The van der Waals surface area contributed by atoms with E-state index in [1.54, 1.807) is 0 Å². The van der Waals surface area contributed by atoms with E-state index in [0.29, 0.717) is 5.75 Å². The Balaban J connectivity index is 2.26. The number of ether oxygens (including phenoxy) is 1. The van der Waals surface area contributed by atoms with Crippen molar-refractivity contribution in [1.29, 1.82) is 0 Å². The number of rotatable bonds is 9. The van der Waals surface area contributed by atoms with Crippen LogP contribution in [0.25, 0.3) is 0 Å². The molecular formula is C14H23N3O2. The summed E-state index contributed by atoms with van der Waals surface area (Å²) in [5.74, 6) is 0.194. The first kappa shape index (κ1) is 15.5. The van der Waals surface area contributed by atoms with Crippen LogP contribution in [0, 0.1) is 0 Å². The molecule has 0 aromatic heterocycles. The van der Waals surface area contributed by atoms with Crippen LogP contribution in [-0.2, 0) is 11.3 Å². The maximum Gasteiger partial charge on any atom is 0.255 e. The number of nitrogens with one attached hydrogen (secondary N) is 1. The molecule has 0 unspecified atom stereocenters. The Hall–Kier alpha value is -1.59. The molecule has 0 fully saturated rings. The van der Waals surface area contributed by atoms with Gasteiger partial charge in [0.1, 0.15) is 5.75 Å². The predicted molar refractivity (Wildman–Crippen MR) is 76.0 cm³/mol. The SMILES string of the molecule is CCN(C)CCNCc1ccc(OCC(N)=O)cc1. The van der Waals surface area contributed by atoms with Crippen LogP contribution in [-0.4, -0.2) is 44.1 Å². The highest BCUT2D eigenvalue weighted by Gasteiger charge is 1.99. The van der Waals surface area contributed by atoms with Crippen molar-refractivity contribution in [2.75, 3.05) is 33.3 Å². The highest BCUT2D eigenvalue weighted by Crippen LogP contribution is 2.11. The Bertz CT molecular complexity index is 379. The summed E-state index contributed by atoms with van der Waals surface area (Å²) < 4.78 is 5.19. The minimum absolute atomic E-state index is 0.0824. The summed E-state index contributed by atoms with van der Waals surface area (Å²) in [5, 5.41) is 3.38. The molecule has 0 saturated carbocycles. The zero-order valence-electron chi connectivity index (χ0n) is 11.7. The lowest BCUT2D eigenvalue weighted by Gasteiger charge is -2.14. The number of hydrogen-bond acceptors (Lipinski definition) is 4. The average Bonchev–Trinajstić information content (AvgIpc) is 2.42. The molecule has 1 aromatic carbocycles. The van der Waals surface area contributed by atoms with Crippen molar-refractivity contribution < 1.29 is 9.53 Å².